The molecular formula is C14H18BrN3O. The minimum Gasteiger partial charge on any atom is -0.496 e. The summed E-state index contributed by atoms with van der Waals surface area (Å²) in [6.07, 6.45) is 2.08. The van der Waals surface area contributed by atoms with Gasteiger partial charge in [0.25, 0.3) is 0 Å². The van der Waals surface area contributed by atoms with Crippen molar-refractivity contribution in [2.24, 2.45) is 0 Å². The lowest BCUT2D eigenvalue weighted by Gasteiger charge is -2.09. The third kappa shape index (κ3) is 3.36. The molecule has 0 saturated heterocycles. The van der Waals surface area contributed by atoms with E-state index < -0.39 is 0 Å². The molecule has 1 aromatic carbocycles. The largest absolute Gasteiger partial charge is 0.496 e. The van der Waals surface area contributed by atoms with E-state index in [1.807, 2.05) is 30.8 Å². The molecule has 102 valence electrons. The number of nitrogens with one attached hydrogen (secondary N) is 1. The third-order valence-corrected chi connectivity index (χ3v) is 3.48. The molecule has 2 rings (SSSR count). The fourth-order valence-corrected chi connectivity index (χ4v) is 2.46. The lowest BCUT2D eigenvalue weighted by atomic mass is 10.2. The molecule has 0 spiro atoms. The molecule has 1 aromatic heterocycles. The lowest BCUT2D eigenvalue weighted by molar-refractivity contribution is 0.407. The molecule has 5 heteroatoms. The van der Waals surface area contributed by atoms with Crippen LogP contribution in [0.3, 0.4) is 0 Å². The first-order chi connectivity index (χ1) is 9.13. The van der Waals surface area contributed by atoms with Gasteiger partial charge in [-0.1, -0.05) is 15.9 Å². The van der Waals surface area contributed by atoms with Crippen molar-refractivity contribution in [1.82, 2.24) is 15.1 Å². The Kier molecular flexibility index (Phi) is 4.61. The number of methoxy groups -OCH3 is 1. The van der Waals surface area contributed by atoms with Gasteiger partial charge in [-0.05, 0) is 32.2 Å². The smallest absolute Gasteiger partial charge is 0.124 e. The summed E-state index contributed by atoms with van der Waals surface area (Å²) in [6, 6.07) is 6.00. The highest BCUT2D eigenvalue weighted by Crippen LogP contribution is 2.24. The van der Waals surface area contributed by atoms with Gasteiger partial charge in [0.15, 0.2) is 0 Å². The first-order valence-corrected chi connectivity index (χ1v) is 6.93. The molecule has 2 aromatic rings. The summed E-state index contributed by atoms with van der Waals surface area (Å²) in [4.78, 5) is 0. The standard InChI is InChI=1S/C14H18BrN3O/c1-10-12(7-16-2)9-18(17-10)8-11-6-13(15)4-5-14(11)19-3/h4-6,9,16H,7-8H2,1-3H3. The van der Waals surface area contributed by atoms with Crippen molar-refractivity contribution in [3.05, 3.63) is 45.7 Å². The molecule has 0 saturated carbocycles. The summed E-state index contributed by atoms with van der Waals surface area (Å²) in [5.74, 6) is 0.881. The maximum atomic E-state index is 5.38. The molecular weight excluding hydrogens is 306 g/mol. The molecule has 0 radical (unpaired) electrons. The summed E-state index contributed by atoms with van der Waals surface area (Å²) in [5, 5.41) is 7.68. The Hall–Kier alpha value is -1.33. The van der Waals surface area contributed by atoms with Gasteiger partial charge in [-0.25, -0.2) is 0 Å². The Bertz CT molecular complexity index is 566. The van der Waals surface area contributed by atoms with E-state index in [4.69, 9.17) is 4.74 Å². The van der Waals surface area contributed by atoms with Gasteiger partial charge in [-0.2, -0.15) is 5.10 Å². The van der Waals surface area contributed by atoms with Crippen molar-refractivity contribution in [1.29, 1.82) is 0 Å². The number of aryl methyl sites for hydroxylation is 1. The van der Waals surface area contributed by atoms with Crippen molar-refractivity contribution >= 4 is 15.9 Å². The Morgan fingerprint density at radius 2 is 2.16 bits per heavy atom. The van der Waals surface area contributed by atoms with Crippen molar-refractivity contribution in [3.8, 4) is 5.75 Å². The van der Waals surface area contributed by atoms with Crippen LogP contribution in [-0.2, 0) is 13.1 Å². The van der Waals surface area contributed by atoms with Crippen LogP contribution in [0.25, 0.3) is 0 Å². The topological polar surface area (TPSA) is 39.1 Å². The van der Waals surface area contributed by atoms with Crippen LogP contribution in [0, 0.1) is 6.92 Å². The second kappa shape index (κ2) is 6.21. The van der Waals surface area contributed by atoms with Gasteiger partial charge in [0, 0.05) is 28.3 Å². The average molecular weight is 324 g/mol. The van der Waals surface area contributed by atoms with Crippen LogP contribution >= 0.6 is 15.9 Å². The summed E-state index contributed by atoms with van der Waals surface area (Å²) in [5.41, 5.74) is 3.38. The van der Waals surface area contributed by atoms with Crippen LogP contribution in [0.15, 0.2) is 28.9 Å². The predicted molar refractivity (Wildman–Crippen MR) is 79.5 cm³/mol. The highest BCUT2D eigenvalue weighted by Gasteiger charge is 2.08. The number of aromatic nitrogens is 2. The molecule has 0 amide bonds. The van der Waals surface area contributed by atoms with Crippen LogP contribution in [0.2, 0.25) is 0 Å². The molecule has 1 N–H and O–H groups in total. The highest BCUT2D eigenvalue weighted by molar-refractivity contribution is 9.10. The second-order valence-electron chi connectivity index (χ2n) is 4.42. The van der Waals surface area contributed by atoms with Crippen molar-refractivity contribution in [2.75, 3.05) is 14.2 Å². The van der Waals surface area contributed by atoms with Crippen LogP contribution in [-0.4, -0.2) is 23.9 Å². The van der Waals surface area contributed by atoms with E-state index in [0.29, 0.717) is 6.54 Å². The van der Waals surface area contributed by atoms with Crippen molar-refractivity contribution < 1.29 is 4.74 Å². The number of halogens is 1. The molecule has 0 unspecified atom stereocenters. The van der Waals surface area contributed by atoms with Crippen molar-refractivity contribution in [3.63, 3.8) is 0 Å². The fourth-order valence-electron chi connectivity index (χ4n) is 2.05. The van der Waals surface area contributed by atoms with Gasteiger partial charge in [0.1, 0.15) is 5.75 Å². The van der Waals surface area contributed by atoms with Crippen LogP contribution in [0.5, 0.6) is 5.75 Å². The van der Waals surface area contributed by atoms with Gasteiger partial charge < -0.3 is 10.1 Å². The van der Waals surface area contributed by atoms with E-state index >= 15 is 0 Å². The average Bonchev–Trinajstić information content (AvgIpc) is 2.71. The van der Waals surface area contributed by atoms with Crippen LogP contribution in [0.4, 0.5) is 0 Å². The first-order valence-electron chi connectivity index (χ1n) is 6.14. The predicted octanol–water partition coefficient (Wildman–Crippen LogP) is 2.73. The number of benzene rings is 1. The Morgan fingerprint density at radius 3 is 2.84 bits per heavy atom. The van der Waals surface area contributed by atoms with E-state index in [1.54, 1.807) is 7.11 Å². The van der Waals surface area contributed by atoms with E-state index in [2.05, 4.69) is 38.6 Å². The number of hydrogen-bond acceptors (Lipinski definition) is 3. The minimum absolute atomic E-state index is 0.702. The van der Waals surface area contributed by atoms with Gasteiger partial charge in [-0.15, -0.1) is 0 Å². The first kappa shape index (κ1) is 14.1. The molecule has 1 heterocycles. The maximum absolute atomic E-state index is 5.38. The maximum Gasteiger partial charge on any atom is 0.124 e. The number of rotatable bonds is 5. The zero-order valence-corrected chi connectivity index (χ0v) is 13.0. The normalized spacial score (nSPS) is 10.7. The van der Waals surface area contributed by atoms with Gasteiger partial charge >= 0.3 is 0 Å². The lowest BCUT2D eigenvalue weighted by Crippen LogP contribution is -2.05. The molecule has 0 fully saturated rings. The number of hydrogen-bond donors (Lipinski definition) is 1. The molecule has 4 nitrogen and oxygen atoms in total. The fraction of sp³-hybridized carbons (Fsp3) is 0.357. The van der Waals surface area contributed by atoms with Crippen LogP contribution in [0.1, 0.15) is 16.8 Å². The van der Waals surface area contributed by atoms with Gasteiger partial charge in [0.05, 0.1) is 19.3 Å². The molecule has 0 aliphatic rings. The highest BCUT2D eigenvalue weighted by atomic mass is 79.9. The summed E-state index contributed by atoms with van der Waals surface area (Å²) in [7, 11) is 3.63. The molecule has 19 heavy (non-hydrogen) atoms. The van der Waals surface area contributed by atoms with E-state index in [1.165, 1.54) is 5.56 Å². The summed E-state index contributed by atoms with van der Waals surface area (Å²) in [6.45, 7) is 3.57. The molecule has 0 atom stereocenters. The van der Waals surface area contributed by atoms with Crippen LogP contribution < -0.4 is 10.1 Å². The second-order valence-corrected chi connectivity index (χ2v) is 5.34. The Labute approximate surface area is 121 Å². The Balaban J connectivity index is 2.25. The SMILES string of the molecule is CNCc1cn(Cc2cc(Br)ccc2OC)nc1C. The van der Waals surface area contributed by atoms with Gasteiger partial charge in [-0.3, -0.25) is 4.68 Å². The van der Waals surface area contributed by atoms with Gasteiger partial charge in [0.2, 0.25) is 0 Å². The zero-order valence-electron chi connectivity index (χ0n) is 11.4. The quantitative estimate of drug-likeness (QED) is 0.919. The summed E-state index contributed by atoms with van der Waals surface area (Å²) < 4.78 is 8.38. The van der Waals surface area contributed by atoms with E-state index in [-0.39, 0.29) is 0 Å². The van der Waals surface area contributed by atoms with E-state index in [9.17, 15) is 0 Å². The third-order valence-electron chi connectivity index (χ3n) is 2.99. The molecule has 0 aliphatic heterocycles. The number of ether oxygens (including phenoxy) is 1. The molecule has 0 bridgehead atoms. The zero-order chi connectivity index (χ0) is 13.8. The molecule has 0 aliphatic carbocycles. The monoisotopic (exact) mass is 323 g/mol. The minimum atomic E-state index is 0.702. The number of nitrogens with zero attached hydrogens (tertiary/aromatic N) is 2. The van der Waals surface area contributed by atoms with Crippen molar-refractivity contribution in [2.45, 2.75) is 20.0 Å². The Morgan fingerprint density at radius 1 is 1.37 bits per heavy atom. The summed E-state index contributed by atoms with van der Waals surface area (Å²) >= 11 is 3.49. The van der Waals surface area contributed by atoms with E-state index in [0.717, 1.165) is 28.0 Å².